The minimum Gasteiger partial charge on any atom is -0.507 e. The topological polar surface area (TPSA) is 99.6 Å². The molecule has 7 heteroatoms. The number of nitrogens with one attached hydrogen (secondary N) is 2. The summed E-state index contributed by atoms with van der Waals surface area (Å²) >= 11 is 0. The molecule has 0 aliphatic heterocycles. The zero-order valence-corrected chi connectivity index (χ0v) is 15.8. The number of hydrogen-bond donors (Lipinski definition) is 3. The monoisotopic (exact) mass is 378 g/mol. The molecule has 3 aromatic rings. The number of H-pyrrole nitrogens is 1. The van der Waals surface area contributed by atoms with E-state index in [-0.39, 0.29) is 11.4 Å². The lowest BCUT2D eigenvalue weighted by Crippen LogP contribution is -2.19. The first-order valence-electron chi connectivity index (χ1n) is 9.00. The summed E-state index contributed by atoms with van der Waals surface area (Å²) in [6.07, 6.45) is 0.950. The molecule has 0 spiro atoms. The third kappa shape index (κ3) is 4.56. The number of phenolic OH excluding ortho intramolecular Hbond substituents is 1. The van der Waals surface area contributed by atoms with Crippen LogP contribution in [0.25, 0.3) is 11.3 Å². The first kappa shape index (κ1) is 19.2. The SMILES string of the molecule is CCCOc1ccc(-c2cc(C(=O)NN=C(C)c3ccccc3O)[nH]n2)cc1. The number of aromatic hydroxyl groups is 1. The Morgan fingerprint density at radius 3 is 2.68 bits per heavy atom. The average molecular weight is 378 g/mol. The van der Waals surface area contributed by atoms with Crippen LogP contribution in [0.3, 0.4) is 0 Å². The first-order valence-corrected chi connectivity index (χ1v) is 9.00. The minimum absolute atomic E-state index is 0.105. The van der Waals surface area contributed by atoms with Gasteiger partial charge in [-0.3, -0.25) is 9.89 Å². The number of nitrogens with zero attached hydrogens (tertiary/aromatic N) is 2. The average Bonchev–Trinajstić information content (AvgIpc) is 3.21. The van der Waals surface area contributed by atoms with E-state index in [1.807, 2.05) is 24.3 Å². The van der Waals surface area contributed by atoms with Gasteiger partial charge < -0.3 is 9.84 Å². The number of hydrogen-bond acceptors (Lipinski definition) is 5. The Hall–Kier alpha value is -3.61. The number of phenols is 1. The molecular formula is C21H22N4O3. The molecule has 7 nitrogen and oxygen atoms in total. The maximum atomic E-state index is 12.3. The van der Waals surface area contributed by atoms with Crippen molar-refractivity contribution in [3.05, 3.63) is 65.9 Å². The number of amides is 1. The lowest BCUT2D eigenvalue weighted by Gasteiger charge is -2.04. The maximum Gasteiger partial charge on any atom is 0.289 e. The summed E-state index contributed by atoms with van der Waals surface area (Å²) in [5, 5.41) is 20.8. The zero-order chi connectivity index (χ0) is 19.9. The lowest BCUT2D eigenvalue weighted by molar-refractivity contribution is 0.0950. The van der Waals surface area contributed by atoms with Crippen molar-refractivity contribution < 1.29 is 14.6 Å². The summed E-state index contributed by atoms with van der Waals surface area (Å²) in [6.45, 7) is 4.43. The van der Waals surface area contributed by atoms with Crippen LogP contribution < -0.4 is 10.2 Å². The molecular weight excluding hydrogens is 356 g/mol. The Balaban J connectivity index is 1.67. The van der Waals surface area contributed by atoms with Crippen molar-refractivity contribution in [2.45, 2.75) is 20.3 Å². The first-order chi connectivity index (χ1) is 13.6. The molecule has 1 heterocycles. The normalized spacial score (nSPS) is 11.3. The molecule has 0 saturated carbocycles. The van der Waals surface area contributed by atoms with Crippen molar-refractivity contribution in [1.82, 2.24) is 15.6 Å². The van der Waals surface area contributed by atoms with Crippen molar-refractivity contribution in [1.29, 1.82) is 0 Å². The van der Waals surface area contributed by atoms with Gasteiger partial charge >= 0.3 is 0 Å². The number of benzene rings is 2. The summed E-state index contributed by atoms with van der Waals surface area (Å²) < 4.78 is 5.56. The van der Waals surface area contributed by atoms with E-state index in [0.717, 1.165) is 17.7 Å². The number of carbonyl (C=O) groups excluding carboxylic acids is 1. The number of ether oxygens (including phenoxy) is 1. The third-order valence-corrected chi connectivity index (χ3v) is 4.06. The highest BCUT2D eigenvalue weighted by Gasteiger charge is 2.11. The second-order valence-corrected chi connectivity index (χ2v) is 6.19. The van der Waals surface area contributed by atoms with Gasteiger partial charge in [0.1, 0.15) is 17.2 Å². The van der Waals surface area contributed by atoms with Gasteiger partial charge in [-0.25, -0.2) is 5.43 Å². The molecule has 2 aromatic carbocycles. The molecule has 0 bridgehead atoms. The smallest absolute Gasteiger partial charge is 0.289 e. The highest BCUT2D eigenvalue weighted by Crippen LogP contribution is 2.21. The summed E-state index contributed by atoms with van der Waals surface area (Å²) in [6, 6.07) is 16.0. The molecule has 0 saturated heterocycles. The lowest BCUT2D eigenvalue weighted by atomic mass is 10.1. The molecule has 0 aliphatic carbocycles. The van der Waals surface area contributed by atoms with E-state index in [0.29, 0.717) is 23.6 Å². The Labute approximate surface area is 163 Å². The van der Waals surface area contributed by atoms with Crippen LogP contribution in [-0.2, 0) is 0 Å². The third-order valence-electron chi connectivity index (χ3n) is 4.06. The minimum atomic E-state index is -0.420. The predicted octanol–water partition coefficient (Wildman–Crippen LogP) is 3.73. The van der Waals surface area contributed by atoms with Crippen LogP contribution in [0.1, 0.15) is 36.3 Å². The van der Waals surface area contributed by atoms with Crippen molar-refractivity contribution in [3.8, 4) is 22.8 Å². The van der Waals surface area contributed by atoms with Crippen LogP contribution in [0, 0.1) is 0 Å². The number of hydrazone groups is 1. The molecule has 3 N–H and O–H groups in total. The van der Waals surface area contributed by atoms with Crippen LogP contribution in [0.2, 0.25) is 0 Å². The predicted molar refractivity (Wildman–Crippen MR) is 108 cm³/mol. The van der Waals surface area contributed by atoms with Crippen molar-refractivity contribution in [2.24, 2.45) is 5.10 Å². The summed E-state index contributed by atoms with van der Waals surface area (Å²) in [5.74, 6) is 0.484. The number of para-hydroxylation sites is 1. The van der Waals surface area contributed by atoms with Gasteiger partial charge in [0.2, 0.25) is 0 Å². The Morgan fingerprint density at radius 2 is 1.96 bits per heavy atom. The van der Waals surface area contributed by atoms with Crippen LogP contribution in [0.15, 0.2) is 59.7 Å². The van der Waals surface area contributed by atoms with E-state index in [9.17, 15) is 9.90 Å². The van der Waals surface area contributed by atoms with Gasteiger partial charge in [0.15, 0.2) is 0 Å². The highest BCUT2D eigenvalue weighted by atomic mass is 16.5. The van der Waals surface area contributed by atoms with Crippen LogP contribution in [0.5, 0.6) is 11.5 Å². The quantitative estimate of drug-likeness (QED) is 0.431. The standard InChI is InChI=1S/C21H22N4O3/c1-3-12-28-16-10-8-15(9-11-16)18-13-19(24-23-18)21(27)25-22-14(2)17-6-4-5-7-20(17)26/h4-11,13,26H,3,12H2,1-2H3,(H,23,24)(H,25,27). The maximum absolute atomic E-state index is 12.3. The number of rotatable bonds is 7. The number of aromatic amines is 1. The molecule has 3 rings (SSSR count). The van der Waals surface area contributed by atoms with Gasteiger partial charge in [-0.15, -0.1) is 0 Å². The fourth-order valence-corrected chi connectivity index (χ4v) is 2.56. The van der Waals surface area contributed by atoms with Crippen molar-refractivity contribution >= 4 is 11.6 Å². The van der Waals surface area contributed by atoms with E-state index in [1.165, 1.54) is 0 Å². The van der Waals surface area contributed by atoms with Gasteiger partial charge in [0.05, 0.1) is 18.0 Å². The fraction of sp³-hybridized carbons (Fsp3) is 0.190. The molecule has 1 amide bonds. The zero-order valence-electron chi connectivity index (χ0n) is 15.8. The van der Waals surface area contributed by atoms with E-state index >= 15 is 0 Å². The van der Waals surface area contributed by atoms with Crippen LogP contribution in [-0.4, -0.2) is 33.5 Å². The molecule has 0 unspecified atom stereocenters. The Kier molecular flexibility index (Phi) is 6.06. The molecule has 1 aromatic heterocycles. The fourth-order valence-electron chi connectivity index (χ4n) is 2.56. The van der Waals surface area contributed by atoms with E-state index in [1.54, 1.807) is 37.3 Å². The second-order valence-electron chi connectivity index (χ2n) is 6.19. The molecule has 0 radical (unpaired) electrons. The molecule has 0 fully saturated rings. The van der Waals surface area contributed by atoms with E-state index < -0.39 is 5.91 Å². The van der Waals surface area contributed by atoms with Crippen molar-refractivity contribution in [3.63, 3.8) is 0 Å². The summed E-state index contributed by atoms with van der Waals surface area (Å²) in [7, 11) is 0. The van der Waals surface area contributed by atoms with Crippen molar-refractivity contribution in [2.75, 3.05) is 6.61 Å². The Bertz CT molecular complexity index is 977. The summed E-state index contributed by atoms with van der Waals surface area (Å²) in [5.41, 5.74) is 5.32. The van der Waals surface area contributed by atoms with Crippen LogP contribution >= 0.6 is 0 Å². The van der Waals surface area contributed by atoms with Gasteiger partial charge in [0, 0.05) is 11.1 Å². The van der Waals surface area contributed by atoms with E-state index in [2.05, 4.69) is 27.6 Å². The second kappa shape index (κ2) is 8.85. The largest absolute Gasteiger partial charge is 0.507 e. The highest BCUT2D eigenvalue weighted by molar-refractivity contribution is 6.02. The molecule has 28 heavy (non-hydrogen) atoms. The van der Waals surface area contributed by atoms with Gasteiger partial charge in [-0.1, -0.05) is 19.1 Å². The Morgan fingerprint density at radius 1 is 1.21 bits per heavy atom. The number of carbonyl (C=O) groups is 1. The van der Waals surface area contributed by atoms with E-state index in [4.69, 9.17) is 4.74 Å². The van der Waals surface area contributed by atoms with Crippen LogP contribution in [0.4, 0.5) is 0 Å². The van der Waals surface area contributed by atoms with Gasteiger partial charge in [-0.05, 0) is 55.8 Å². The summed E-state index contributed by atoms with van der Waals surface area (Å²) in [4.78, 5) is 12.3. The van der Waals surface area contributed by atoms with Gasteiger partial charge in [0.25, 0.3) is 5.91 Å². The van der Waals surface area contributed by atoms with Gasteiger partial charge in [-0.2, -0.15) is 10.2 Å². The molecule has 0 aliphatic rings. The number of aromatic nitrogens is 2. The molecule has 0 atom stereocenters. The molecule has 144 valence electrons.